The molecule has 1 fully saturated rings. The highest BCUT2D eigenvalue weighted by molar-refractivity contribution is 5.63. The van der Waals surface area contributed by atoms with E-state index in [1.54, 1.807) is 0 Å². The molecule has 118 valence electrons. The summed E-state index contributed by atoms with van der Waals surface area (Å²) in [5.41, 5.74) is 4.03. The molecule has 0 amide bonds. The number of benzene rings is 1. The summed E-state index contributed by atoms with van der Waals surface area (Å²) in [5, 5.41) is 3.71. The van der Waals surface area contributed by atoms with Gasteiger partial charge in [0.1, 0.15) is 0 Å². The molecular formula is C18H31N3. The predicted octanol–water partition coefficient (Wildman–Crippen LogP) is 3.28. The lowest BCUT2D eigenvalue weighted by Gasteiger charge is -2.29. The number of rotatable bonds is 4. The zero-order valence-corrected chi connectivity index (χ0v) is 14.3. The van der Waals surface area contributed by atoms with Gasteiger partial charge in [0.05, 0.1) is 0 Å². The van der Waals surface area contributed by atoms with Gasteiger partial charge in [0.25, 0.3) is 0 Å². The van der Waals surface area contributed by atoms with E-state index < -0.39 is 0 Å². The van der Waals surface area contributed by atoms with Gasteiger partial charge in [-0.3, -0.25) is 0 Å². The van der Waals surface area contributed by atoms with Crippen LogP contribution in [-0.4, -0.2) is 39.8 Å². The molecule has 1 aromatic carbocycles. The maximum atomic E-state index is 3.71. The molecule has 1 saturated heterocycles. The molecule has 1 atom stereocenters. The maximum absolute atomic E-state index is 3.71. The van der Waals surface area contributed by atoms with Gasteiger partial charge in [-0.05, 0) is 49.9 Å². The molecule has 1 aliphatic rings. The van der Waals surface area contributed by atoms with E-state index >= 15 is 0 Å². The Morgan fingerprint density at radius 1 is 1.33 bits per heavy atom. The molecule has 2 rings (SSSR count). The van der Waals surface area contributed by atoms with Crippen LogP contribution in [0.15, 0.2) is 18.2 Å². The van der Waals surface area contributed by atoms with Gasteiger partial charge in [0.2, 0.25) is 0 Å². The van der Waals surface area contributed by atoms with E-state index in [1.807, 2.05) is 0 Å². The van der Waals surface area contributed by atoms with Gasteiger partial charge in [-0.2, -0.15) is 0 Å². The third-order valence-electron chi connectivity index (χ3n) is 4.27. The minimum atomic E-state index is 0.608. The Morgan fingerprint density at radius 2 is 2.10 bits per heavy atom. The van der Waals surface area contributed by atoms with Gasteiger partial charge in [-0.25, -0.2) is 0 Å². The molecule has 3 nitrogen and oxygen atoms in total. The van der Waals surface area contributed by atoms with Gasteiger partial charge in [0, 0.05) is 44.6 Å². The summed E-state index contributed by atoms with van der Waals surface area (Å²) in [6.45, 7) is 10.2. The third-order valence-corrected chi connectivity index (χ3v) is 4.27. The van der Waals surface area contributed by atoms with Crippen molar-refractivity contribution in [2.75, 3.05) is 43.5 Å². The van der Waals surface area contributed by atoms with Crippen LogP contribution in [0.4, 0.5) is 11.4 Å². The maximum Gasteiger partial charge on any atom is 0.0411 e. The highest BCUT2D eigenvalue weighted by Crippen LogP contribution is 2.26. The topological polar surface area (TPSA) is 18.5 Å². The fourth-order valence-electron chi connectivity index (χ4n) is 3.24. The lowest BCUT2D eigenvalue weighted by molar-refractivity contribution is 0.436. The molecule has 0 aromatic heterocycles. The summed E-state index contributed by atoms with van der Waals surface area (Å²) in [7, 11) is 4.25. The average molecular weight is 289 g/mol. The van der Waals surface area contributed by atoms with E-state index in [0.29, 0.717) is 6.04 Å². The summed E-state index contributed by atoms with van der Waals surface area (Å²) in [6.07, 6.45) is 2.47. The van der Waals surface area contributed by atoms with E-state index in [2.05, 4.69) is 68.2 Å². The first-order chi connectivity index (χ1) is 9.97. The summed E-state index contributed by atoms with van der Waals surface area (Å²) >= 11 is 0. The van der Waals surface area contributed by atoms with Crippen molar-refractivity contribution in [2.24, 2.45) is 5.92 Å². The van der Waals surface area contributed by atoms with Gasteiger partial charge in [0.15, 0.2) is 0 Å². The summed E-state index contributed by atoms with van der Waals surface area (Å²) in [5.74, 6) is 0.748. The van der Waals surface area contributed by atoms with Crippen LogP contribution in [-0.2, 0) is 0 Å². The van der Waals surface area contributed by atoms with E-state index in [4.69, 9.17) is 0 Å². The molecule has 0 saturated carbocycles. The average Bonchev–Trinajstić information content (AvgIpc) is 2.64. The van der Waals surface area contributed by atoms with E-state index in [9.17, 15) is 0 Å². The molecule has 1 heterocycles. The Morgan fingerprint density at radius 3 is 2.76 bits per heavy atom. The zero-order valence-electron chi connectivity index (χ0n) is 14.3. The van der Waals surface area contributed by atoms with Gasteiger partial charge in [-0.1, -0.05) is 19.9 Å². The first-order valence-corrected chi connectivity index (χ1v) is 8.23. The lowest BCUT2D eigenvalue weighted by Crippen LogP contribution is -2.38. The van der Waals surface area contributed by atoms with Crippen LogP contribution in [0.1, 0.15) is 32.3 Å². The number of aryl methyl sites for hydroxylation is 1. The molecule has 1 aromatic rings. The van der Waals surface area contributed by atoms with Crippen molar-refractivity contribution in [3.8, 4) is 0 Å². The van der Waals surface area contributed by atoms with Gasteiger partial charge in [-0.15, -0.1) is 0 Å². The van der Waals surface area contributed by atoms with Crippen molar-refractivity contribution < 1.29 is 0 Å². The van der Waals surface area contributed by atoms with Crippen LogP contribution >= 0.6 is 0 Å². The molecule has 1 unspecified atom stereocenters. The predicted molar refractivity (Wildman–Crippen MR) is 93.6 cm³/mol. The largest absolute Gasteiger partial charge is 0.377 e. The Bertz CT molecular complexity index is 454. The first-order valence-electron chi connectivity index (χ1n) is 8.23. The van der Waals surface area contributed by atoms with Crippen molar-refractivity contribution in [3.05, 3.63) is 23.8 Å². The molecular weight excluding hydrogens is 258 g/mol. The van der Waals surface area contributed by atoms with Crippen LogP contribution in [0, 0.1) is 12.8 Å². The number of nitrogens with one attached hydrogen (secondary N) is 1. The smallest absolute Gasteiger partial charge is 0.0411 e. The minimum absolute atomic E-state index is 0.608. The van der Waals surface area contributed by atoms with Crippen molar-refractivity contribution in [2.45, 2.75) is 39.7 Å². The fraction of sp³-hybridized carbons (Fsp3) is 0.667. The Kier molecular flexibility index (Phi) is 5.51. The monoisotopic (exact) mass is 289 g/mol. The molecule has 1 aliphatic heterocycles. The Hall–Kier alpha value is -1.22. The summed E-state index contributed by atoms with van der Waals surface area (Å²) in [6, 6.07) is 7.48. The second kappa shape index (κ2) is 7.17. The SMILES string of the molecule is Cc1ccc(N2CCCNC(CC(C)C)C2)cc1N(C)C. The standard InChI is InChI=1S/C18H31N3/c1-14(2)11-16-13-21(10-6-9-19-16)17-8-7-15(3)18(12-17)20(4)5/h7-8,12,14,16,19H,6,9-11,13H2,1-5H3. The molecule has 0 spiro atoms. The van der Waals surface area contributed by atoms with Gasteiger partial charge >= 0.3 is 0 Å². The van der Waals surface area contributed by atoms with Crippen LogP contribution < -0.4 is 15.1 Å². The van der Waals surface area contributed by atoms with Crippen molar-refractivity contribution in [3.63, 3.8) is 0 Å². The Balaban J connectivity index is 2.17. The molecule has 3 heteroatoms. The fourth-order valence-corrected chi connectivity index (χ4v) is 3.24. The first kappa shape index (κ1) is 16.2. The quantitative estimate of drug-likeness (QED) is 0.918. The number of anilines is 2. The molecule has 0 bridgehead atoms. The van der Waals surface area contributed by atoms with Crippen molar-refractivity contribution in [1.29, 1.82) is 0 Å². The normalized spacial score (nSPS) is 19.7. The van der Waals surface area contributed by atoms with Crippen LogP contribution in [0.2, 0.25) is 0 Å². The van der Waals surface area contributed by atoms with Crippen LogP contribution in [0.5, 0.6) is 0 Å². The van der Waals surface area contributed by atoms with E-state index in [1.165, 1.54) is 29.8 Å². The zero-order chi connectivity index (χ0) is 15.4. The van der Waals surface area contributed by atoms with Gasteiger partial charge < -0.3 is 15.1 Å². The Labute approximate surface area is 130 Å². The number of hydrogen-bond donors (Lipinski definition) is 1. The van der Waals surface area contributed by atoms with Crippen LogP contribution in [0.25, 0.3) is 0 Å². The number of nitrogens with zero attached hydrogens (tertiary/aromatic N) is 2. The second-order valence-corrected chi connectivity index (χ2v) is 6.95. The van der Waals surface area contributed by atoms with Crippen molar-refractivity contribution in [1.82, 2.24) is 5.32 Å². The van der Waals surface area contributed by atoms with E-state index in [-0.39, 0.29) is 0 Å². The summed E-state index contributed by atoms with van der Waals surface area (Å²) < 4.78 is 0. The molecule has 0 aliphatic carbocycles. The highest BCUT2D eigenvalue weighted by atomic mass is 15.2. The highest BCUT2D eigenvalue weighted by Gasteiger charge is 2.19. The second-order valence-electron chi connectivity index (χ2n) is 6.95. The minimum Gasteiger partial charge on any atom is -0.377 e. The number of hydrogen-bond acceptors (Lipinski definition) is 3. The van der Waals surface area contributed by atoms with Crippen LogP contribution in [0.3, 0.4) is 0 Å². The van der Waals surface area contributed by atoms with E-state index in [0.717, 1.165) is 25.6 Å². The third kappa shape index (κ3) is 4.37. The molecule has 21 heavy (non-hydrogen) atoms. The molecule has 1 N–H and O–H groups in total. The van der Waals surface area contributed by atoms with Crippen molar-refractivity contribution >= 4 is 11.4 Å². The summed E-state index contributed by atoms with van der Waals surface area (Å²) in [4.78, 5) is 4.76. The molecule has 0 radical (unpaired) electrons. The lowest BCUT2D eigenvalue weighted by atomic mass is 10.0.